The van der Waals surface area contributed by atoms with Gasteiger partial charge in [-0.3, -0.25) is 0 Å². The molecule has 142 valence electrons. The van der Waals surface area contributed by atoms with Gasteiger partial charge in [0.1, 0.15) is 5.82 Å². The number of hydrogen-bond donors (Lipinski definition) is 2. The van der Waals surface area contributed by atoms with Crippen LogP contribution >= 0.6 is 24.8 Å². The normalized spacial score (nSPS) is 11.1. The number of halogens is 2. The van der Waals surface area contributed by atoms with Crippen LogP contribution in [-0.4, -0.2) is 31.7 Å². The molecular formula is C18H25Cl2N5O. The van der Waals surface area contributed by atoms with Crippen molar-refractivity contribution in [3.05, 3.63) is 47.5 Å². The molecule has 8 heteroatoms. The Hall–Kier alpha value is -1.89. The second kappa shape index (κ2) is 8.66. The van der Waals surface area contributed by atoms with Gasteiger partial charge in [0.05, 0.1) is 12.9 Å². The van der Waals surface area contributed by atoms with Crippen LogP contribution in [0.1, 0.15) is 37.7 Å². The first-order chi connectivity index (χ1) is 11.4. The van der Waals surface area contributed by atoms with Gasteiger partial charge < -0.3 is 15.0 Å². The molecule has 0 aliphatic rings. The van der Waals surface area contributed by atoms with Crippen molar-refractivity contribution < 1.29 is 5.11 Å². The third kappa shape index (κ3) is 4.63. The number of aromatic hydroxyl groups is 1. The third-order valence-electron chi connectivity index (χ3n) is 4.01. The van der Waals surface area contributed by atoms with Crippen molar-refractivity contribution in [2.45, 2.75) is 39.3 Å². The van der Waals surface area contributed by atoms with E-state index >= 15 is 0 Å². The van der Waals surface area contributed by atoms with Gasteiger partial charge in [-0.15, -0.1) is 24.8 Å². The Bertz CT molecular complexity index is 856. The maximum atomic E-state index is 10.2. The number of benzene rings is 1. The summed E-state index contributed by atoms with van der Waals surface area (Å²) in [6, 6.07) is 8.52. The molecule has 0 saturated carbocycles. The van der Waals surface area contributed by atoms with E-state index in [1.54, 1.807) is 6.33 Å². The van der Waals surface area contributed by atoms with Gasteiger partial charge in [0.2, 0.25) is 5.88 Å². The van der Waals surface area contributed by atoms with Crippen molar-refractivity contribution in [3.63, 3.8) is 0 Å². The average Bonchev–Trinajstić information content (AvgIpc) is 2.90. The van der Waals surface area contributed by atoms with E-state index < -0.39 is 0 Å². The molecule has 0 radical (unpaired) electrons. The summed E-state index contributed by atoms with van der Waals surface area (Å²) in [7, 11) is 1.81. The van der Waals surface area contributed by atoms with Gasteiger partial charge in [-0.2, -0.15) is 4.98 Å². The first-order valence-corrected chi connectivity index (χ1v) is 8.03. The summed E-state index contributed by atoms with van der Waals surface area (Å²) in [6.45, 7) is 7.70. The SMILES string of the molecule is CNCc1nc(O)c2c(ncn2Cc2ccc(C(C)(C)C)cc2)n1.Cl.Cl. The third-order valence-corrected chi connectivity index (χ3v) is 4.01. The van der Waals surface area contributed by atoms with Crippen molar-refractivity contribution in [3.8, 4) is 5.88 Å². The van der Waals surface area contributed by atoms with Crippen LogP contribution in [0.25, 0.3) is 11.2 Å². The Morgan fingerprint density at radius 3 is 2.31 bits per heavy atom. The predicted molar refractivity (Wildman–Crippen MR) is 108 cm³/mol. The molecule has 0 spiro atoms. The average molecular weight is 398 g/mol. The zero-order chi connectivity index (χ0) is 17.3. The lowest BCUT2D eigenvalue weighted by molar-refractivity contribution is 0.452. The number of nitrogens with zero attached hydrogens (tertiary/aromatic N) is 4. The van der Waals surface area contributed by atoms with Crippen molar-refractivity contribution >= 4 is 36.0 Å². The van der Waals surface area contributed by atoms with Crippen LogP contribution in [0.5, 0.6) is 5.88 Å². The molecule has 26 heavy (non-hydrogen) atoms. The highest BCUT2D eigenvalue weighted by molar-refractivity contribution is 5.85. The van der Waals surface area contributed by atoms with E-state index in [-0.39, 0.29) is 36.1 Å². The van der Waals surface area contributed by atoms with Crippen molar-refractivity contribution in [1.29, 1.82) is 0 Å². The van der Waals surface area contributed by atoms with Crippen LogP contribution in [0.4, 0.5) is 0 Å². The second-order valence-electron chi connectivity index (χ2n) is 6.99. The molecule has 3 rings (SSSR count). The summed E-state index contributed by atoms with van der Waals surface area (Å²) in [5.41, 5.74) is 3.65. The summed E-state index contributed by atoms with van der Waals surface area (Å²) < 4.78 is 1.87. The predicted octanol–water partition coefficient (Wildman–Crippen LogP) is 3.44. The first kappa shape index (κ1) is 22.2. The number of aromatic nitrogens is 4. The minimum Gasteiger partial charge on any atom is -0.492 e. The molecule has 6 nitrogen and oxygen atoms in total. The maximum Gasteiger partial charge on any atom is 0.241 e. The van der Waals surface area contributed by atoms with Crippen LogP contribution in [0.15, 0.2) is 30.6 Å². The summed E-state index contributed by atoms with van der Waals surface area (Å²) >= 11 is 0. The molecule has 0 amide bonds. The molecule has 0 aliphatic heterocycles. The van der Waals surface area contributed by atoms with E-state index in [2.05, 4.69) is 65.3 Å². The van der Waals surface area contributed by atoms with E-state index in [1.807, 2.05) is 11.6 Å². The van der Waals surface area contributed by atoms with Crippen LogP contribution < -0.4 is 5.32 Å². The molecule has 3 aromatic rings. The monoisotopic (exact) mass is 397 g/mol. The number of hydrogen-bond acceptors (Lipinski definition) is 5. The highest BCUT2D eigenvalue weighted by Gasteiger charge is 2.15. The van der Waals surface area contributed by atoms with E-state index in [4.69, 9.17) is 0 Å². The van der Waals surface area contributed by atoms with Gasteiger partial charge >= 0.3 is 0 Å². The van der Waals surface area contributed by atoms with Crippen LogP contribution in [0, 0.1) is 0 Å². The lowest BCUT2D eigenvalue weighted by atomic mass is 9.87. The van der Waals surface area contributed by atoms with Gasteiger partial charge in [-0.25, -0.2) is 9.97 Å². The minimum absolute atomic E-state index is 0. The number of fused-ring (bicyclic) bond motifs is 1. The number of imidazole rings is 1. The van der Waals surface area contributed by atoms with Gasteiger partial charge in [0, 0.05) is 6.54 Å². The summed E-state index contributed by atoms with van der Waals surface area (Å²) in [5, 5.41) is 13.2. The van der Waals surface area contributed by atoms with E-state index in [9.17, 15) is 5.11 Å². The summed E-state index contributed by atoms with van der Waals surface area (Å²) in [5.74, 6) is 0.497. The summed E-state index contributed by atoms with van der Waals surface area (Å²) in [4.78, 5) is 12.8. The molecule has 0 aliphatic carbocycles. The lowest BCUT2D eigenvalue weighted by Crippen LogP contribution is -2.11. The molecule has 0 bridgehead atoms. The zero-order valence-electron chi connectivity index (χ0n) is 15.4. The summed E-state index contributed by atoms with van der Waals surface area (Å²) in [6.07, 6.45) is 1.69. The highest BCUT2D eigenvalue weighted by atomic mass is 35.5. The zero-order valence-corrected chi connectivity index (χ0v) is 17.0. The van der Waals surface area contributed by atoms with E-state index in [0.29, 0.717) is 30.1 Å². The van der Waals surface area contributed by atoms with Crippen molar-refractivity contribution in [1.82, 2.24) is 24.8 Å². The lowest BCUT2D eigenvalue weighted by Gasteiger charge is -2.19. The smallest absolute Gasteiger partial charge is 0.241 e. The molecule has 2 heterocycles. The molecular weight excluding hydrogens is 373 g/mol. The second-order valence-corrected chi connectivity index (χ2v) is 6.99. The standard InChI is InChI=1S/C18H23N5O.2ClH/c1-18(2,3)13-7-5-12(6-8-13)10-23-11-20-16-15(23)17(24)22-14(21-16)9-19-4;;/h5-8,11,19H,9-10H2,1-4H3,(H,21,22,24);2*1H. The molecule has 1 aromatic carbocycles. The quantitative estimate of drug-likeness (QED) is 0.704. The molecule has 2 N–H and O–H groups in total. The van der Waals surface area contributed by atoms with Crippen LogP contribution in [0.2, 0.25) is 0 Å². The molecule has 2 aromatic heterocycles. The van der Waals surface area contributed by atoms with E-state index in [1.165, 1.54) is 5.56 Å². The topological polar surface area (TPSA) is 75.9 Å². The molecule has 0 unspecified atom stereocenters. The van der Waals surface area contributed by atoms with Gasteiger partial charge in [0.25, 0.3) is 0 Å². The van der Waals surface area contributed by atoms with Gasteiger partial charge in [0.15, 0.2) is 11.2 Å². The Morgan fingerprint density at radius 1 is 1.08 bits per heavy atom. The van der Waals surface area contributed by atoms with Crippen LogP contribution in [0.3, 0.4) is 0 Å². The Balaban J connectivity index is 0.00000169. The number of nitrogens with one attached hydrogen (secondary N) is 1. The maximum absolute atomic E-state index is 10.2. The van der Waals surface area contributed by atoms with Crippen molar-refractivity contribution in [2.75, 3.05) is 7.05 Å². The Morgan fingerprint density at radius 2 is 1.73 bits per heavy atom. The fraction of sp³-hybridized carbons (Fsp3) is 0.389. The Kier molecular flexibility index (Phi) is 7.38. The largest absolute Gasteiger partial charge is 0.492 e. The van der Waals surface area contributed by atoms with Crippen molar-refractivity contribution in [2.24, 2.45) is 0 Å². The van der Waals surface area contributed by atoms with Gasteiger partial charge in [-0.05, 0) is 23.6 Å². The molecule has 0 atom stereocenters. The molecule has 0 fully saturated rings. The minimum atomic E-state index is -0.0333. The first-order valence-electron chi connectivity index (χ1n) is 8.03. The highest BCUT2D eigenvalue weighted by Crippen LogP contribution is 2.24. The Labute approximate surface area is 165 Å². The van der Waals surface area contributed by atoms with Crippen LogP contribution in [-0.2, 0) is 18.5 Å². The molecule has 0 saturated heterocycles. The fourth-order valence-electron chi connectivity index (χ4n) is 2.67. The number of rotatable bonds is 4. The fourth-order valence-corrected chi connectivity index (χ4v) is 2.67. The van der Waals surface area contributed by atoms with E-state index in [0.717, 1.165) is 5.56 Å². The van der Waals surface area contributed by atoms with Gasteiger partial charge in [-0.1, -0.05) is 45.0 Å².